The fourth-order valence-electron chi connectivity index (χ4n) is 2.73. The number of nitrogens with zero attached hydrogens (tertiary/aromatic N) is 1. The van der Waals surface area contributed by atoms with Gasteiger partial charge >= 0.3 is 0 Å². The molecule has 1 rings (SSSR count). The molecule has 3 unspecified atom stereocenters. The Bertz CT molecular complexity index is 234. The Labute approximate surface area is 110 Å². The van der Waals surface area contributed by atoms with Crippen molar-refractivity contribution in [2.75, 3.05) is 19.6 Å². The maximum atomic E-state index is 12.7. The van der Waals surface area contributed by atoms with Gasteiger partial charge in [0.2, 0.25) is 0 Å². The van der Waals surface area contributed by atoms with Gasteiger partial charge in [0, 0.05) is 25.2 Å². The summed E-state index contributed by atoms with van der Waals surface area (Å²) in [5, 5.41) is 3.54. The van der Waals surface area contributed by atoms with Gasteiger partial charge in [-0.25, -0.2) is 8.78 Å². The lowest BCUT2D eigenvalue weighted by Crippen LogP contribution is -2.59. The third-order valence-corrected chi connectivity index (χ3v) is 4.01. The van der Waals surface area contributed by atoms with Gasteiger partial charge in [-0.1, -0.05) is 34.1 Å². The maximum Gasteiger partial charge on any atom is 0.251 e. The summed E-state index contributed by atoms with van der Waals surface area (Å²) >= 11 is 0. The predicted octanol–water partition coefficient (Wildman–Crippen LogP) is 2.99. The van der Waals surface area contributed by atoms with E-state index in [9.17, 15) is 8.78 Å². The average Bonchev–Trinajstić information content (AvgIpc) is 2.29. The summed E-state index contributed by atoms with van der Waals surface area (Å²) in [7, 11) is 0. The highest BCUT2D eigenvalue weighted by molar-refractivity contribution is 4.88. The molecule has 1 fully saturated rings. The summed E-state index contributed by atoms with van der Waals surface area (Å²) in [6.07, 6.45) is -0.141. The molecule has 0 amide bonds. The molecule has 2 nitrogen and oxygen atoms in total. The molecule has 3 atom stereocenters. The molecule has 108 valence electrons. The highest BCUT2D eigenvalue weighted by Crippen LogP contribution is 2.20. The van der Waals surface area contributed by atoms with Crippen LogP contribution in [0.15, 0.2) is 0 Å². The topological polar surface area (TPSA) is 15.3 Å². The summed E-state index contributed by atoms with van der Waals surface area (Å²) in [4.78, 5) is 2.00. The van der Waals surface area contributed by atoms with Gasteiger partial charge in [-0.05, 0) is 18.3 Å². The zero-order valence-corrected chi connectivity index (χ0v) is 12.1. The minimum atomic E-state index is -2.23. The first kappa shape index (κ1) is 15.8. The highest BCUT2D eigenvalue weighted by atomic mass is 19.3. The third kappa shape index (κ3) is 4.81. The fourth-order valence-corrected chi connectivity index (χ4v) is 2.73. The van der Waals surface area contributed by atoms with Crippen LogP contribution in [0.1, 0.15) is 40.5 Å². The van der Waals surface area contributed by atoms with Crippen molar-refractivity contribution in [3.63, 3.8) is 0 Å². The Morgan fingerprint density at radius 1 is 1.28 bits per heavy atom. The molecule has 1 heterocycles. The second-order valence-corrected chi connectivity index (χ2v) is 6.03. The number of piperazine rings is 1. The summed E-state index contributed by atoms with van der Waals surface area (Å²) < 4.78 is 25.4. The van der Waals surface area contributed by atoms with E-state index in [1.165, 1.54) is 0 Å². The average molecular weight is 262 g/mol. The molecule has 0 aromatic carbocycles. The molecule has 1 aliphatic rings. The minimum absolute atomic E-state index is 0.0774. The van der Waals surface area contributed by atoms with Crippen molar-refractivity contribution in [2.45, 2.75) is 59.0 Å². The lowest BCUT2D eigenvalue weighted by atomic mass is 9.93. The molecule has 0 saturated carbocycles. The molecule has 1 saturated heterocycles. The molecule has 0 aliphatic carbocycles. The Balaban J connectivity index is 2.60. The third-order valence-electron chi connectivity index (χ3n) is 4.01. The van der Waals surface area contributed by atoms with Crippen molar-refractivity contribution in [3.8, 4) is 0 Å². The normalized spacial score (nSPS) is 28.0. The summed E-state index contributed by atoms with van der Waals surface area (Å²) in [5.41, 5.74) is 0. The monoisotopic (exact) mass is 262 g/mol. The number of rotatable bonds is 6. The van der Waals surface area contributed by atoms with Crippen LogP contribution >= 0.6 is 0 Å². The number of hydrogen-bond donors (Lipinski definition) is 1. The van der Waals surface area contributed by atoms with Gasteiger partial charge in [-0.15, -0.1) is 0 Å². The molecule has 0 bridgehead atoms. The second-order valence-electron chi connectivity index (χ2n) is 6.03. The van der Waals surface area contributed by atoms with E-state index in [1.54, 1.807) is 0 Å². The largest absolute Gasteiger partial charge is 0.311 e. The number of halogens is 2. The summed E-state index contributed by atoms with van der Waals surface area (Å²) in [6.45, 7) is 10.2. The fraction of sp³-hybridized carbons (Fsp3) is 1.00. The molecule has 0 spiro atoms. The SMILES string of the molecule is CCC(C)C1CN(CC(F)F)C(CC(C)C)CN1. The standard InChI is InChI=1S/C14H28F2N2/c1-5-11(4)13-8-18(9-14(15)16)12(7-17-13)6-10(2)3/h10-14,17H,5-9H2,1-4H3. The van der Waals surface area contributed by atoms with E-state index in [-0.39, 0.29) is 12.6 Å². The molecule has 0 aromatic heterocycles. The van der Waals surface area contributed by atoms with Gasteiger partial charge in [0.15, 0.2) is 0 Å². The minimum Gasteiger partial charge on any atom is -0.311 e. The van der Waals surface area contributed by atoms with Crippen LogP contribution in [0.25, 0.3) is 0 Å². The van der Waals surface area contributed by atoms with Gasteiger partial charge in [0.1, 0.15) is 0 Å². The zero-order valence-electron chi connectivity index (χ0n) is 12.1. The van der Waals surface area contributed by atoms with Crippen molar-refractivity contribution in [1.29, 1.82) is 0 Å². The maximum absolute atomic E-state index is 12.7. The number of alkyl halides is 2. The number of nitrogens with one attached hydrogen (secondary N) is 1. The smallest absolute Gasteiger partial charge is 0.251 e. The Hall–Kier alpha value is -0.220. The first-order valence-electron chi connectivity index (χ1n) is 7.19. The molecule has 0 aromatic rings. The van der Waals surface area contributed by atoms with Gasteiger partial charge in [0.05, 0.1) is 6.54 Å². The summed E-state index contributed by atoms with van der Waals surface area (Å²) in [5.74, 6) is 1.10. The van der Waals surface area contributed by atoms with Gasteiger partial charge in [0.25, 0.3) is 6.43 Å². The van der Waals surface area contributed by atoms with E-state index in [2.05, 4.69) is 33.0 Å². The van der Waals surface area contributed by atoms with E-state index < -0.39 is 6.43 Å². The lowest BCUT2D eigenvalue weighted by molar-refractivity contribution is 0.0292. The molecule has 0 radical (unpaired) electrons. The molecular weight excluding hydrogens is 234 g/mol. The Morgan fingerprint density at radius 3 is 2.44 bits per heavy atom. The highest BCUT2D eigenvalue weighted by Gasteiger charge is 2.31. The quantitative estimate of drug-likeness (QED) is 0.791. The van der Waals surface area contributed by atoms with Crippen molar-refractivity contribution >= 4 is 0 Å². The van der Waals surface area contributed by atoms with Crippen LogP contribution < -0.4 is 5.32 Å². The van der Waals surface area contributed by atoms with Crippen LogP contribution in [0, 0.1) is 11.8 Å². The van der Waals surface area contributed by atoms with E-state index in [0.29, 0.717) is 17.9 Å². The van der Waals surface area contributed by atoms with E-state index in [0.717, 1.165) is 25.9 Å². The van der Waals surface area contributed by atoms with E-state index in [1.807, 2.05) is 4.90 Å². The molecular formula is C14H28F2N2. The summed E-state index contributed by atoms with van der Waals surface area (Å²) in [6, 6.07) is 0.622. The van der Waals surface area contributed by atoms with E-state index in [4.69, 9.17) is 0 Å². The van der Waals surface area contributed by atoms with Crippen molar-refractivity contribution in [2.24, 2.45) is 11.8 Å². The predicted molar refractivity (Wildman–Crippen MR) is 72.1 cm³/mol. The first-order valence-corrected chi connectivity index (χ1v) is 7.19. The van der Waals surface area contributed by atoms with Crippen LogP contribution in [0.5, 0.6) is 0 Å². The van der Waals surface area contributed by atoms with Gasteiger partial charge < -0.3 is 5.32 Å². The van der Waals surface area contributed by atoms with Crippen molar-refractivity contribution in [1.82, 2.24) is 10.2 Å². The molecule has 1 N–H and O–H groups in total. The first-order chi connectivity index (χ1) is 8.43. The Morgan fingerprint density at radius 2 is 1.94 bits per heavy atom. The second kappa shape index (κ2) is 7.39. The number of hydrogen-bond acceptors (Lipinski definition) is 2. The van der Waals surface area contributed by atoms with Crippen LogP contribution in [-0.2, 0) is 0 Å². The van der Waals surface area contributed by atoms with Crippen molar-refractivity contribution < 1.29 is 8.78 Å². The van der Waals surface area contributed by atoms with Gasteiger partial charge in [-0.2, -0.15) is 0 Å². The lowest BCUT2D eigenvalue weighted by Gasteiger charge is -2.43. The molecule has 1 aliphatic heterocycles. The molecule has 4 heteroatoms. The van der Waals surface area contributed by atoms with Crippen LogP contribution in [0.3, 0.4) is 0 Å². The van der Waals surface area contributed by atoms with E-state index >= 15 is 0 Å². The zero-order chi connectivity index (χ0) is 13.7. The Kier molecular flexibility index (Phi) is 6.50. The van der Waals surface area contributed by atoms with Gasteiger partial charge in [-0.3, -0.25) is 4.90 Å². The molecule has 18 heavy (non-hydrogen) atoms. The van der Waals surface area contributed by atoms with Crippen LogP contribution in [0.4, 0.5) is 8.78 Å². The van der Waals surface area contributed by atoms with Crippen LogP contribution in [0.2, 0.25) is 0 Å². The van der Waals surface area contributed by atoms with Crippen LogP contribution in [-0.4, -0.2) is 43.0 Å². The van der Waals surface area contributed by atoms with Crippen molar-refractivity contribution in [3.05, 3.63) is 0 Å².